The van der Waals surface area contributed by atoms with Gasteiger partial charge in [0.25, 0.3) is 0 Å². The molecular formula is C10H18FN5O2. The number of hydrogen-bond donors (Lipinski definition) is 2. The summed E-state index contributed by atoms with van der Waals surface area (Å²) in [5, 5.41) is 6.20. The molecule has 0 aromatic carbocycles. The lowest BCUT2D eigenvalue weighted by Crippen LogP contribution is -2.50. The van der Waals surface area contributed by atoms with E-state index in [4.69, 9.17) is 5.84 Å². The highest BCUT2D eigenvalue weighted by atomic mass is 19.1. The first-order chi connectivity index (χ1) is 8.19. The molecule has 1 rings (SSSR count). The fourth-order valence-electron chi connectivity index (χ4n) is 1.30. The molecule has 0 aliphatic heterocycles. The normalized spacial score (nSPS) is 11.9. The van der Waals surface area contributed by atoms with E-state index >= 15 is 0 Å². The van der Waals surface area contributed by atoms with Crippen LogP contribution in [0.3, 0.4) is 0 Å². The minimum Gasteiger partial charge on any atom is -0.333 e. The van der Waals surface area contributed by atoms with Crippen molar-refractivity contribution in [3.63, 3.8) is 0 Å². The van der Waals surface area contributed by atoms with Crippen LogP contribution in [0.1, 0.15) is 39.4 Å². The van der Waals surface area contributed by atoms with Crippen molar-refractivity contribution >= 4 is 6.03 Å². The SMILES string of the molecule is CC(C)c1nn(C(=O)NC(C)(C)CF)c(=O)n1N. The molecule has 0 radical (unpaired) electrons. The van der Waals surface area contributed by atoms with Gasteiger partial charge >= 0.3 is 11.7 Å². The van der Waals surface area contributed by atoms with Crippen LogP contribution in [-0.2, 0) is 0 Å². The first-order valence-corrected chi connectivity index (χ1v) is 5.55. The lowest BCUT2D eigenvalue weighted by molar-refractivity contribution is 0.218. The van der Waals surface area contributed by atoms with Crippen molar-refractivity contribution in [2.75, 3.05) is 12.5 Å². The number of rotatable bonds is 3. The van der Waals surface area contributed by atoms with E-state index in [1.165, 1.54) is 13.8 Å². The molecule has 0 spiro atoms. The second kappa shape index (κ2) is 4.79. The Morgan fingerprint density at radius 1 is 1.56 bits per heavy atom. The molecule has 0 saturated heterocycles. The zero-order valence-electron chi connectivity index (χ0n) is 10.9. The maximum Gasteiger partial charge on any atom is 0.373 e. The number of halogens is 1. The van der Waals surface area contributed by atoms with Crippen LogP contribution in [0.4, 0.5) is 9.18 Å². The monoisotopic (exact) mass is 259 g/mol. The topological polar surface area (TPSA) is 94.9 Å². The van der Waals surface area contributed by atoms with Crippen LogP contribution in [-0.4, -0.2) is 32.7 Å². The van der Waals surface area contributed by atoms with Gasteiger partial charge in [-0.25, -0.2) is 14.0 Å². The van der Waals surface area contributed by atoms with Crippen LogP contribution in [0.5, 0.6) is 0 Å². The molecule has 0 atom stereocenters. The lowest BCUT2D eigenvalue weighted by Gasteiger charge is -2.21. The number of nitrogen functional groups attached to an aromatic ring is 1. The van der Waals surface area contributed by atoms with Gasteiger partial charge in [0.05, 0.1) is 5.54 Å². The number of aromatic nitrogens is 3. The number of hydrogen-bond acceptors (Lipinski definition) is 4. The zero-order valence-corrected chi connectivity index (χ0v) is 10.9. The average molecular weight is 259 g/mol. The standard InChI is InChI=1S/C10H18FN5O2/c1-6(2)7-14-16(9(18)15(7)12)8(17)13-10(3,4)5-11/h6H,5,12H2,1-4H3,(H,13,17). The van der Waals surface area contributed by atoms with Gasteiger partial charge in [-0.1, -0.05) is 13.8 Å². The summed E-state index contributed by atoms with van der Waals surface area (Å²) in [6.45, 7) is 5.82. The molecule has 0 unspecified atom stereocenters. The summed E-state index contributed by atoms with van der Waals surface area (Å²) in [6, 6.07) is -0.797. The maximum absolute atomic E-state index is 12.6. The summed E-state index contributed by atoms with van der Waals surface area (Å²) in [4.78, 5) is 23.5. The second-order valence-corrected chi connectivity index (χ2v) is 5.02. The van der Waals surface area contributed by atoms with Crippen molar-refractivity contribution in [2.45, 2.75) is 39.2 Å². The highest BCUT2D eigenvalue weighted by molar-refractivity contribution is 5.76. The summed E-state index contributed by atoms with van der Waals surface area (Å²) in [5.74, 6) is 5.68. The zero-order chi connectivity index (χ0) is 14.1. The summed E-state index contributed by atoms with van der Waals surface area (Å²) < 4.78 is 14.0. The number of alkyl halides is 1. The molecule has 1 aromatic rings. The van der Waals surface area contributed by atoms with Gasteiger partial charge in [0, 0.05) is 5.92 Å². The van der Waals surface area contributed by atoms with Crippen molar-refractivity contribution in [3.05, 3.63) is 16.3 Å². The van der Waals surface area contributed by atoms with E-state index in [-0.39, 0.29) is 11.7 Å². The van der Waals surface area contributed by atoms with E-state index in [2.05, 4.69) is 10.4 Å². The van der Waals surface area contributed by atoms with Crippen molar-refractivity contribution in [2.24, 2.45) is 0 Å². The molecule has 7 nitrogen and oxygen atoms in total. The minimum atomic E-state index is -1.06. The number of carbonyl (C=O) groups excluding carboxylic acids is 1. The Morgan fingerprint density at radius 2 is 2.11 bits per heavy atom. The second-order valence-electron chi connectivity index (χ2n) is 5.02. The van der Waals surface area contributed by atoms with Crippen LogP contribution in [0.25, 0.3) is 0 Å². The molecule has 3 N–H and O–H groups in total. The molecule has 18 heavy (non-hydrogen) atoms. The van der Waals surface area contributed by atoms with Crippen molar-refractivity contribution < 1.29 is 9.18 Å². The van der Waals surface area contributed by atoms with Gasteiger partial charge in [-0.15, -0.1) is 9.78 Å². The maximum atomic E-state index is 12.6. The van der Waals surface area contributed by atoms with E-state index in [0.717, 1.165) is 4.68 Å². The van der Waals surface area contributed by atoms with Gasteiger partial charge in [-0.3, -0.25) is 0 Å². The quantitative estimate of drug-likeness (QED) is 0.757. The predicted molar refractivity (Wildman–Crippen MR) is 64.7 cm³/mol. The summed E-state index contributed by atoms with van der Waals surface area (Å²) in [7, 11) is 0. The van der Waals surface area contributed by atoms with E-state index in [9.17, 15) is 14.0 Å². The molecule has 0 aliphatic carbocycles. The third kappa shape index (κ3) is 2.69. The molecule has 8 heteroatoms. The molecule has 0 aliphatic rings. The molecule has 1 heterocycles. The van der Waals surface area contributed by atoms with E-state index in [1.54, 1.807) is 13.8 Å². The first kappa shape index (κ1) is 14.2. The molecular weight excluding hydrogens is 241 g/mol. The Bertz CT molecular complexity index is 503. The van der Waals surface area contributed by atoms with Crippen molar-refractivity contribution in [3.8, 4) is 0 Å². The van der Waals surface area contributed by atoms with Crippen LogP contribution in [0, 0.1) is 0 Å². The van der Waals surface area contributed by atoms with Gasteiger partial charge in [0.15, 0.2) is 5.82 Å². The molecule has 1 aromatic heterocycles. The predicted octanol–water partition coefficient (Wildman–Crippen LogP) is 0.188. The molecule has 102 valence electrons. The van der Waals surface area contributed by atoms with Gasteiger partial charge < -0.3 is 11.2 Å². The number of nitrogens with zero attached hydrogens (tertiary/aromatic N) is 3. The van der Waals surface area contributed by atoms with Gasteiger partial charge in [-0.05, 0) is 13.8 Å². The van der Waals surface area contributed by atoms with E-state index in [1.807, 2.05) is 0 Å². The average Bonchev–Trinajstić information content (AvgIpc) is 2.56. The van der Waals surface area contributed by atoms with Crippen LogP contribution >= 0.6 is 0 Å². The third-order valence-corrected chi connectivity index (χ3v) is 2.32. The molecule has 1 amide bonds. The largest absolute Gasteiger partial charge is 0.373 e. The number of amides is 1. The Morgan fingerprint density at radius 3 is 2.50 bits per heavy atom. The fraction of sp³-hybridized carbons (Fsp3) is 0.700. The Balaban J connectivity index is 3.08. The molecule has 0 fully saturated rings. The van der Waals surface area contributed by atoms with Crippen molar-refractivity contribution in [1.82, 2.24) is 19.8 Å². The van der Waals surface area contributed by atoms with Crippen LogP contribution < -0.4 is 16.8 Å². The van der Waals surface area contributed by atoms with E-state index in [0.29, 0.717) is 4.68 Å². The lowest BCUT2D eigenvalue weighted by atomic mass is 10.1. The summed E-state index contributed by atoms with van der Waals surface area (Å²) >= 11 is 0. The minimum absolute atomic E-state index is 0.106. The number of nitrogens with one attached hydrogen (secondary N) is 1. The first-order valence-electron chi connectivity index (χ1n) is 5.55. The third-order valence-electron chi connectivity index (χ3n) is 2.32. The highest BCUT2D eigenvalue weighted by Gasteiger charge is 2.25. The van der Waals surface area contributed by atoms with Crippen molar-refractivity contribution in [1.29, 1.82) is 0 Å². The Hall–Kier alpha value is -1.86. The van der Waals surface area contributed by atoms with Crippen LogP contribution in [0.2, 0.25) is 0 Å². The Labute approximate surface area is 104 Å². The molecule has 0 saturated carbocycles. The highest BCUT2D eigenvalue weighted by Crippen LogP contribution is 2.07. The van der Waals surface area contributed by atoms with E-state index < -0.39 is 23.9 Å². The Kier molecular flexibility index (Phi) is 3.78. The summed E-state index contributed by atoms with van der Waals surface area (Å²) in [6.07, 6.45) is 0. The van der Waals surface area contributed by atoms with Gasteiger partial charge in [-0.2, -0.15) is 4.68 Å². The molecule has 0 bridgehead atoms. The van der Waals surface area contributed by atoms with Gasteiger partial charge in [0.2, 0.25) is 0 Å². The number of nitrogens with two attached hydrogens (primary N) is 1. The number of carbonyl (C=O) groups is 1. The van der Waals surface area contributed by atoms with Gasteiger partial charge in [0.1, 0.15) is 6.67 Å². The van der Waals surface area contributed by atoms with Crippen LogP contribution in [0.15, 0.2) is 4.79 Å². The summed E-state index contributed by atoms with van der Waals surface area (Å²) in [5.41, 5.74) is -1.82. The smallest absolute Gasteiger partial charge is 0.333 e. The fourth-order valence-corrected chi connectivity index (χ4v) is 1.30.